The Labute approximate surface area is 212 Å². The van der Waals surface area contributed by atoms with Gasteiger partial charge in [0.15, 0.2) is 20.7 Å². The average molecular weight is 523 g/mol. The van der Waals surface area contributed by atoms with E-state index in [2.05, 4.69) is 44.2 Å². The van der Waals surface area contributed by atoms with Gasteiger partial charge >= 0.3 is 0 Å². The summed E-state index contributed by atoms with van der Waals surface area (Å²) >= 11 is 0. The first-order valence-electron chi connectivity index (χ1n) is 11.9. The molecule has 0 unspecified atom stereocenters. The number of sulfone groups is 1. The first-order valence-corrected chi connectivity index (χ1v) is 13.8. The number of pyridine rings is 1. The second-order valence-corrected chi connectivity index (χ2v) is 12.4. The summed E-state index contributed by atoms with van der Waals surface area (Å²) in [4.78, 5) is 8.69. The van der Waals surface area contributed by atoms with Crippen LogP contribution in [0.2, 0.25) is 0 Å². The quantitative estimate of drug-likeness (QED) is 0.419. The highest BCUT2D eigenvalue weighted by molar-refractivity contribution is 7.90. The summed E-state index contributed by atoms with van der Waals surface area (Å²) in [7, 11) is -3.51. The highest BCUT2D eigenvalue weighted by atomic mass is 32.2. The van der Waals surface area contributed by atoms with Crippen LogP contribution in [-0.4, -0.2) is 45.0 Å². The van der Waals surface area contributed by atoms with Crippen LogP contribution >= 0.6 is 0 Å². The number of aromatic amines is 1. The molecule has 3 heterocycles. The fraction of sp³-hybridized carbons (Fsp3) is 0.346. The molecule has 0 aliphatic heterocycles. The number of halogens is 2. The molecule has 1 fully saturated rings. The van der Waals surface area contributed by atoms with E-state index in [9.17, 15) is 8.42 Å². The van der Waals surface area contributed by atoms with Gasteiger partial charge in [0.05, 0.1) is 28.1 Å². The summed E-state index contributed by atoms with van der Waals surface area (Å²) in [5.74, 6) is -0.793. The molecule has 3 aromatic heterocycles. The number of aromatic nitrogens is 6. The zero-order valence-electron chi connectivity index (χ0n) is 20.7. The van der Waals surface area contributed by atoms with Gasteiger partial charge in [-0.25, -0.2) is 27.2 Å². The first kappa shape index (κ1) is 23.8. The predicted octanol–water partition coefficient (Wildman–Crippen LogP) is 4.52. The van der Waals surface area contributed by atoms with Gasteiger partial charge in [0, 0.05) is 11.8 Å². The molecule has 2 aliphatic carbocycles. The number of aryl methyl sites for hydroxylation is 1. The maximum Gasteiger partial charge on any atom is 0.192 e. The Bertz CT molecular complexity index is 1680. The van der Waals surface area contributed by atoms with E-state index in [1.165, 1.54) is 18.2 Å². The van der Waals surface area contributed by atoms with E-state index in [0.717, 1.165) is 24.7 Å². The number of hydrogen-bond donors (Lipinski definition) is 1. The van der Waals surface area contributed by atoms with E-state index in [-0.39, 0.29) is 39.0 Å². The lowest BCUT2D eigenvalue weighted by Crippen LogP contribution is -2.38. The second kappa shape index (κ2) is 7.70. The molecule has 1 N–H and O–H groups in total. The maximum atomic E-state index is 15.2. The van der Waals surface area contributed by atoms with Crippen molar-refractivity contribution in [3.63, 3.8) is 0 Å². The molecule has 2 atom stereocenters. The smallest absolute Gasteiger partial charge is 0.192 e. The third-order valence-electron chi connectivity index (χ3n) is 8.08. The van der Waals surface area contributed by atoms with Crippen molar-refractivity contribution in [2.24, 2.45) is 5.41 Å². The van der Waals surface area contributed by atoms with Crippen molar-refractivity contribution in [2.75, 3.05) is 6.26 Å². The summed E-state index contributed by atoms with van der Waals surface area (Å²) in [5.41, 5.74) is 1.19. The number of H-pyrrole nitrogens is 1. The molecular formula is C26H24F2N6O2S. The van der Waals surface area contributed by atoms with Crippen molar-refractivity contribution in [1.82, 2.24) is 30.4 Å². The van der Waals surface area contributed by atoms with Gasteiger partial charge in [0.25, 0.3) is 0 Å². The molecule has 0 radical (unpaired) electrons. The number of nitrogens with one attached hydrogen (secondary N) is 1. The molecule has 0 saturated heterocycles. The number of rotatable bonds is 4. The molecular weight excluding hydrogens is 498 g/mol. The van der Waals surface area contributed by atoms with Crippen molar-refractivity contribution in [1.29, 1.82) is 0 Å². The van der Waals surface area contributed by atoms with Crippen molar-refractivity contribution >= 4 is 9.84 Å². The molecule has 4 aromatic rings. The van der Waals surface area contributed by atoms with Crippen LogP contribution in [0.5, 0.6) is 0 Å². The van der Waals surface area contributed by atoms with Crippen LogP contribution in [-0.2, 0) is 15.3 Å². The van der Waals surface area contributed by atoms with Crippen LogP contribution < -0.4 is 0 Å². The number of fused-ring (bicyclic) bond motifs is 5. The van der Waals surface area contributed by atoms with Gasteiger partial charge in [0.2, 0.25) is 0 Å². The highest BCUT2D eigenvalue weighted by Crippen LogP contribution is 2.69. The molecule has 0 spiro atoms. The van der Waals surface area contributed by atoms with Crippen LogP contribution in [0.15, 0.2) is 41.4 Å². The average Bonchev–Trinajstić information content (AvgIpc) is 3.44. The third kappa shape index (κ3) is 3.29. The summed E-state index contributed by atoms with van der Waals surface area (Å²) in [6.07, 6.45) is 2.66. The van der Waals surface area contributed by atoms with Crippen molar-refractivity contribution < 1.29 is 17.2 Å². The van der Waals surface area contributed by atoms with Crippen LogP contribution in [0.3, 0.4) is 0 Å². The number of benzene rings is 1. The topological polar surface area (TPSA) is 114 Å². The molecule has 11 heteroatoms. The summed E-state index contributed by atoms with van der Waals surface area (Å²) in [6.45, 7) is 5.91. The number of hydrogen-bond acceptors (Lipinski definition) is 7. The molecule has 37 heavy (non-hydrogen) atoms. The van der Waals surface area contributed by atoms with E-state index >= 15 is 8.78 Å². The lowest BCUT2D eigenvalue weighted by atomic mass is 9.66. The molecule has 1 saturated carbocycles. The van der Waals surface area contributed by atoms with Crippen LogP contribution in [0, 0.1) is 24.0 Å². The molecule has 1 aromatic carbocycles. The highest BCUT2D eigenvalue weighted by Gasteiger charge is 2.65. The summed E-state index contributed by atoms with van der Waals surface area (Å²) in [5, 5.41) is 15.4. The van der Waals surface area contributed by atoms with Gasteiger partial charge in [-0.3, -0.25) is 5.10 Å². The predicted molar refractivity (Wildman–Crippen MR) is 131 cm³/mol. The van der Waals surface area contributed by atoms with Crippen molar-refractivity contribution in [3.05, 3.63) is 70.8 Å². The Morgan fingerprint density at radius 2 is 1.78 bits per heavy atom. The van der Waals surface area contributed by atoms with E-state index in [1.54, 1.807) is 19.1 Å². The summed E-state index contributed by atoms with van der Waals surface area (Å²) in [6, 6.07) is 9.09. The normalized spacial score (nSPS) is 21.8. The van der Waals surface area contributed by atoms with Gasteiger partial charge in [-0.15, -0.1) is 5.10 Å². The van der Waals surface area contributed by atoms with Gasteiger partial charge in [0.1, 0.15) is 17.5 Å². The minimum absolute atomic E-state index is 0.00230. The zero-order valence-corrected chi connectivity index (χ0v) is 21.5. The maximum absolute atomic E-state index is 15.2. The monoisotopic (exact) mass is 522 g/mol. The molecule has 2 aliphatic rings. The van der Waals surface area contributed by atoms with Crippen molar-refractivity contribution in [3.8, 4) is 22.6 Å². The van der Waals surface area contributed by atoms with Crippen LogP contribution in [0.25, 0.3) is 22.6 Å². The minimum Gasteiger partial charge on any atom is -0.263 e. The molecule has 6 rings (SSSR count). The van der Waals surface area contributed by atoms with Gasteiger partial charge < -0.3 is 0 Å². The molecule has 190 valence electrons. The van der Waals surface area contributed by atoms with E-state index < -0.39 is 26.9 Å². The van der Waals surface area contributed by atoms with Crippen LogP contribution in [0.1, 0.15) is 55.4 Å². The Kier molecular flexibility index (Phi) is 4.95. The SMILES string of the molecule is Cc1nc(-c2cc(F)c(-c3cc4c(nn3)[C@]3(c5cccc(S(C)(=O)=O)n5)CC[C@@H]4C3(C)C)c(F)c2)n[nH]1. The fourth-order valence-electron chi connectivity index (χ4n) is 6.29. The lowest BCUT2D eigenvalue weighted by molar-refractivity contribution is 0.242. The fourth-order valence-corrected chi connectivity index (χ4v) is 6.88. The summed E-state index contributed by atoms with van der Waals surface area (Å²) < 4.78 is 54.9. The van der Waals surface area contributed by atoms with E-state index in [0.29, 0.717) is 17.2 Å². The Morgan fingerprint density at radius 1 is 1.05 bits per heavy atom. The lowest BCUT2D eigenvalue weighted by Gasteiger charge is -2.37. The van der Waals surface area contributed by atoms with Crippen molar-refractivity contribution in [2.45, 2.75) is 50.0 Å². The number of nitrogens with zero attached hydrogens (tertiary/aromatic N) is 5. The molecule has 2 bridgehead atoms. The van der Waals surface area contributed by atoms with E-state index in [4.69, 9.17) is 0 Å². The molecule has 0 amide bonds. The van der Waals surface area contributed by atoms with Gasteiger partial charge in [-0.2, -0.15) is 10.2 Å². The molecule has 8 nitrogen and oxygen atoms in total. The largest absolute Gasteiger partial charge is 0.263 e. The standard InChI is InChI=1S/C26H24F2N6O2S/c1-13-29-24(34-31-13)14-10-17(27)22(18(28)11-14)19-12-15-16-8-9-26(25(16,2)3,23(15)33-32-19)20-6-5-7-21(30-20)37(4,35)36/h5-7,10-12,16H,8-9H2,1-4H3,(H,29,31,34)/t16-,26+/m0/s1. The van der Waals surface area contributed by atoms with E-state index in [1.807, 2.05) is 6.07 Å². The van der Waals surface area contributed by atoms with Gasteiger partial charge in [-0.1, -0.05) is 19.9 Å². The Balaban J connectivity index is 1.48. The third-order valence-corrected chi connectivity index (χ3v) is 9.06. The van der Waals surface area contributed by atoms with Gasteiger partial charge in [-0.05, 0) is 67.0 Å². The Morgan fingerprint density at radius 3 is 2.43 bits per heavy atom. The second-order valence-electron chi connectivity index (χ2n) is 10.4. The first-order chi connectivity index (χ1) is 17.4. The minimum atomic E-state index is -3.51. The van der Waals surface area contributed by atoms with Crippen LogP contribution in [0.4, 0.5) is 8.78 Å². The zero-order chi connectivity index (χ0) is 26.3. The Hall–Kier alpha value is -3.60.